The Bertz CT molecular complexity index is 930. The first-order chi connectivity index (χ1) is 14.3. The van der Waals surface area contributed by atoms with Crippen molar-refractivity contribution in [2.24, 2.45) is 0 Å². The van der Waals surface area contributed by atoms with Crippen molar-refractivity contribution in [1.29, 1.82) is 0 Å². The van der Waals surface area contributed by atoms with Crippen molar-refractivity contribution in [3.05, 3.63) is 58.1 Å². The second-order valence-corrected chi connectivity index (χ2v) is 7.72. The molecule has 2 aliphatic rings. The van der Waals surface area contributed by atoms with Crippen LogP contribution in [0.25, 0.3) is 0 Å². The first kappa shape index (κ1) is 20.7. The molecule has 1 aliphatic carbocycles. The molecule has 0 unspecified atom stereocenters. The van der Waals surface area contributed by atoms with E-state index >= 15 is 0 Å². The van der Waals surface area contributed by atoms with E-state index in [9.17, 15) is 18.0 Å². The number of fused-ring (bicyclic) bond motifs is 1. The average molecular weight is 441 g/mol. The number of carbonyl (C=O) groups excluding carboxylic acids is 1. The number of halogens is 4. The van der Waals surface area contributed by atoms with Gasteiger partial charge in [0.2, 0.25) is 0 Å². The highest BCUT2D eigenvalue weighted by Crippen LogP contribution is 2.38. The van der Waals surface area contributed by atoms with Gasteiger partial charge in [0.1, 0.15) is 13.2 Å². The minimum atomic E-state index is -4.38. The van der Waals surface area contributed by atoms with Crippen LogP contribution in [0.2, 0.25) is 5.02 Å². The first-order valence-corrected chi connectivity index (χ1v) is 9.97. The lowest BCUT2D eigenvalue weighted by atomic mass is 10.1. The molecule has 1 aliphatic heterocycles. The minimum Gasteiger partial charge on any atom is -0.486 e. The zero-order chi connectivity index (χ0) is 21.3. The molecule has 160 valence electrons. The summed E-state index contributed by atoms with van der Waals surface area (Å²) in [5.41, 5.74) is 0.708. The van der Waals surface area contributed by atoms with Gasteiger partial charge < -0.3 is 19.7 Å². The van der Waals surface area contributed by atoms with Crippen LogP contribution in [0.4, 0.5) is 18.0 Å². The highest BCUT2D eigenvalue weighted by Gasteiger charge is 2.33. The fraction of sp³-hybridized carbons (Fsp3) is 0.381. The molecule has 0 radical (unpaired) electrons. The molecule has 1 N–H and O–H groups in total. The number of nitrogens with one attached hydrogen (secondary N) is 1. The van der Waals surface area contributed by atoms with Crippen LogP contribution in [0.5, 0.6) is 11.5 Å². The fourth-order valence-electron chi connectivity index (χ4n) is 3.29. The van der Waals surface area contributed by atoms with Crippen molar-refractivity contribution >= 4 is 17.6 Å². The molecular weight excluding hydrogens is 421 g/mol. The van der Waals surface area contributed by atoms with Crippen molar-refractivity contribution in [3.63, 3.8) is 0 Å². The molecule has 1 heterocycles. The number of alkyl halides is 3. The SMILES string of the molecule is O=C(NCc1cc(Cl)c2c(c1)OCCO2)N(Cc1ccc(C(F)(F)F)cc1)C1CC1. The van der Waals surface area contributed by atoms with Crippen molar-refractivity contribution in [2.45, 2.75) is 38.1 Å². The van der Waals surface area contributed by atoms with E-state index in [-0.39, 0.29) is 25.2 Å². The molecule has 30 heavy (non-hydrogen) atoms. The van der Waals surface area contributed by atoms with Gasteiger partial charge in [0.05, 0.1) is 10.6 Å². The molecule has 0 spiro atoms. The molecule has 2 amide bonds. The maximum absolute atomic E-state index is 12.7. The summed E-state index contributed by atoms with van der Waals surface area (Å²) in [5, 5.41) is 3.28. The minimum absolute atomic E-state index is 0.0937. The number of ether oxygens (including phenoxy) is 2. The van der Waals surface area contributed by atoms with Crippen LogP contribution in [0.3, 0.4) is 0 Å². The lowest BCUT2D eigenvalue weighted by Crippen LogP contribution is -2.40. The summed E-state index contributed by atoms with van der Waals surface area (Å²) in [6, 6.07) is 8.20. The number of hydrogen-bond donors (Lipinski definition) is 1. The second-order valence-electron chi connectivity index (χ2n) is 7.31. The molecule has 0 aromatic heterocycles. The zero-order valence-corrected chi connectivity index (χ0v) is 16.7. The van der Waals surface area contributed by atoms with Crippen molar-refractivity contribution in [2.75, 3.05) is 13.2 Å². The zero-order valence-electron chi connectivity index (χ0n) is 16.0. The highest BCUT2D eigenvalue weighted by atomic mass is 35.5. The van der Waals surface area contributed by atoms with Gasteiger partial charge in [0, 0.05) is 19.1 Å². The van der Waals surface area contributed by atoms with Gasteiger partial charge in [-0.25, -0.2) is 4.79 Å². The van der Waals surface area contributed by atoms with E-state index in [2.05, 4.69) is 5.32 Å². The summed E-state index contributed by atoms with van der Waals surface area (Å²) in [5.74, 6) is 1.04. The second kappa shape index (κ2) is 8.26. The van der Waals surface area contributed by atoms with E-state index in [1.165, 1.54) is 12.1 Å². The van der Waals surface area contributed by atoms with Gasteiger partial charge in [-0.2, -0.15) is 13.2 Å². The van der Waals surface area contributed by atoms with Crippen molar-refractivity contribution in [3.8, 4) is 11.5 Å². The quantitative estimate of drug-likeness (QED) is 0.711. The van der Waals surface area contributed by atoms with Gasteiger partial charge in [-0.1, -0.05) is 23.7 Å². The maximum Gasteiger partial charge on any atom is 0.416 e. The van der Waals surface area contributed by atoms with Crippen molar-refractivity contribution in [1.82, 2.24) is 10.2 Å². The Balaban J connectivity index is 1.40. The molecule has 5 nitrogen and oxygen atoms in total. The Morgan fingerprint density at radius 3 is 2.47 bits per heavy atom. The predicted molar refractivity (Wildman–Crippen MR) is 105 cm³/mol. The van der Waals surface area contributed by atoms with Crippen LogP contribution in [0.15, 0.2) is 36.4 Å². The monoisotopic (exact) mass is 440 g/mol. The molecule has 0 atom stereocenters. The standard InChI is InChI=1S/C21H20ClF3N2O3/c22-17-9-14(10-18-19(17)30-8-7-29-18)11-26-20(28)27(16-5-6-16)12-13-1-3-15(4-2-13)21(23,24)25/h1-4,9-10,16H,5-8,11-12H2,(H,26,28). The first-order valence-electron chi connectivity index (χ1n) is 9.60. The van der Waals surface area contributed by atoms with E-state index in [0.717, 1.165) is 30.5 Å². The largest absolute Gasteiger partial charge is 0.486 e. The van der Waals surface area contributed by atoms with E-state index in [0.29, 0.717) is 35.3 Å². The fourth-order valence-corrected chi connectivity index (χ4v) is 3.58. The third-order valence-corrected chi connectivity index (χ3v) is 5.26. The molecule has 0 bridgehead atoms. The van der Waals surface area contributed by atoms with Crippen molar-refractivity contribution < 1.29 is 27.4 Å². The number of urea groups is 1. The van der Waals surface area contributed by atoms with Gasteiger partial charge >= 0.3 is 12.2 Å². The molecule has 2 aromatic carbocycles. The summed E-state index contributed by atoms with van der Waals surface area (Å²) >= 11 is 6.23. The third-order valence-electron chi connectivity index (χ3n) is 4.98. The van der Waals surface area contributed by atoms with Crippen LogP contribution < -0.4 is 14.8 Å². The number of carbonyl (C=O) groups is 1. The Morgan fingerprint density at radius 1 is 1.10 bits per heavy atom. The van der Waals surface area contributed by atoms with E-state index < -0.39 is 11.7 Å². The van der Waals surface area contributed by atoms with Gasteiger partial charge in [-0.3, -0.25) is 0 Å². The lowest BCUT2D eigenvalue weighted by Gasteiger charge is -2.24. The summed E-state index contributed by atoms with van der Waals surface area (Å²) in [4.78, 5) is 14.4. The number of nitrogens with zero attached hydrogens (tertiary/aromatic N) is 1. The molecule has 9 heteroatoms. The van der Waals surface area contributed by atoms with Crippen LogP contribution in [-0.4, -0.2) is 30.2 Å². The summed E-state index contributed by atoms with van der Waals surface area (Å²) in [6.07, 6.45) is -2.62. The normalized spacial score (nSPS) is 15.6. The molecule has 1 fully saturated rings. The lowest BCUT2D eigenvalue weighted by molar-refractivity contribution is -0.137. The Kier molecular flexibility index (Phi) is 5.69. The third kappa shape index (κ3) is 4.75. The van der Waals surface area contributed by atoms with E-state index in [1.807, 2.05) is 0 Å². The summed E-state index contributed by atoms with van der Waals surface area (Å²) in [7, 11) is 0. The highest BCUT2D eigenvalue weighted by molar-refractivity contribution is 6.32. The predicted octanol–water partition coefficient (Wildman–Crippen LogP) is 5.00. The Labute approximate surface area is 176 Å². The molecular formula is C21H20ClF3N2O3. The molecule has 4 rings (SSSR count). The molecule has 0 saturated heterocycles. The number of amides is 2. The number of hydrogen-bond acceptors (Lipinski definition) is 3. The van der Waals surface area contributed by atoms with Gasteiger partial charge in [-0.15, -0.1) is 0 Å². The maximum atomic E-state index is 12.7. The van der Waals surface area contributed by atoms with Gasteiger partial charge in [0.15, 0.2) is 11.5 Å². The molecule has 2 aromatic rings. The van der Waals surface area contributed by atoms with Crippen LogP contribution in [0.1, 0.15) is 29.5 Å². The van der Waals surface area contributed by atoms with Crippen LogP contribution in [-0.2, 0) is 19.3 Å². The van der Waals surface area contributed by atoms with E-state index in [1.54, 1.807) is 17.0 Å². The van der Waals surface area contributed by atoms with Crippen LogP contribution in [0, 0.1) is 0 Å². The van der Waals surface area contributed by atoms with Gasteiger partial charge in [-0.05, 0) is 48.2 Å². The van der Waals surface area contributed by atoms with Crippen LogP contribution >= 0.6 is 11.6 Å². The summed E-state index contributed by atoms with van der Waals surface area (Å²) < 4.78 is 49.3. The number of benzene rings is 2. The topological polar surface area (TPSA) is 50.8 Å². The Morgan fingerprint density at radius 2 is 1.80 bits per heavy atom. The Hall–Kier alpha value is -2.61. The van der Waals surface area contributed by atoms with E-state index in [4.69, 9.17) is 21.1 Å². The summed E-state index contributed by atoms with van der Waals surface area (Å²) in [6.45, 7) is 1.35. The average Bonchev–Trinajstić information content (AvgIpc) is 3.55. The molecule has 1 saturated carbocycles. The number of rotatable bonds is 5. The van der Waals surface area contributed by atoms with Gasteiger partial charge in [0.25, 0.3) is 0 Å². The smallest absolute Gasteiger partial charge is 0.416 e.